The lowest BCUT2D eigenvalue weighted by Gasteiger charge is -2.08. The third-order valence-corrected chi connectivity index (χ3v) is 2.93. The zero-order chi connectivity index (χ0) is 15.1. The summed E-state index contributed by atoms with van der Waals surface area (Å²) in [6.07, 6.45) is 0. The van der Waals surface area contributed by atoms with Gasteiger partial charge in [-0.15, -0.1) is 0 Å². The minimum atomic E-state index is -0.773. The minimum absolute atomic E-state index is 0.0496. The van der Waals surface area contributed by atoms with Crippen LogP contribution in [0.2, 0.25) is 0 Å². The number of anilines is 1. The first-order chi connectivity index (χ1) is 9.45. The van der Waals surface area contributed by atoms with Crippen LogP contribution in [0, 0.1) is 5.82 Å². The third-order valence-electron chi connectivity index (χ3n) is 2.27. The number of hydrogen-bond donors (Lipinski definition) is 2. The van der Waals surface area contributed by atoms with Gasteiger partial charge in [-0.05, 0) is 28.1 Å². The number of methoxy groups -OCH3 is 1. The zero-order valence-corrected chi connectivity index (χ0v) is 12.3. The standard InChI is InChI=1S/C12H14BrFN2O4/c1-19-3-2-16-11(17)6-20-12(18)7-4-10(15)9(14)5-8(7)13/h4-5H,2-3,6,15H2,1H3,(H,16,17). The lowest BCUT2D eigenvalue weighted by Crippen LogP contribution is -2.31. The summed E-state index contributed by atoms with van der Waals surface area (Å²) < 4.78 is 22.9. The lowest BCUT2D eigenvalue weighted by atomic mass is 10.2. The van der Waals surface area contributed by atoms with E-state index >= 15 is 0 Å². The van der Waals surface area contributed by atoms with Crippen LogP contribution in [0.1, 0.15) is 10.4 Å². The molecule has 8 heteroatoms. The summed E-state index contributed by atoms with van der Waals surface area (Å²) in [5, 5.41) is 2.49. The molecule has 0 spiro atoms. The van der Waals surface area contributed by atoms with Gasteiger partial charge in [-0.2, -0.15) is 0 Å². The van der Waals surface area contributed by atoms with Crippen molar-refractivity contribution in [2.45, 2.75) is 0 Å². The number of esters is 1. The molecule has 0 atom stereocenters. The smallest absolute Gasteiger partial charge is 0.339 e. The Balaban J connectivity index is 2.55. The topological polar surface area (TPSA) is 90.6 Å². The lowest BCUT2D eigenvalue weighted by molar-refractivity contribution is -0.124. The van der Waals surface area contributed by atoms with E-state index in [4.69, 9.17) is 15.2 Å². The highest BCUT2D eigenvalue weighted by atomic mass is 79.9. The maximum absolute atomic E-state index is 13.1. The molecule has 20 heavy (non-hydrogen) atoms. The normalized spacial score (nSPS) is 10.2. The first-order valence-corrected chi connectivity index (χ1v) is 6.42. The fraction of sp³-hybridized carbons (Fsp3) is 0.333. The van der Waals surface area contributed by atoms with E-state index < -0.39 is 24.3 Å². The van der Waals surface area contributed by atoms with Gasteiger partial charge in [0.25, 0.3) is 5.91 Å². The average Bonchev–Trinajstić information content (AvgIpc) is 2.40. The van der Waals surface area contributed by atoms with Gasteiger partial charge >= 0.3 is 5.97 Å². The van der Waals surface area contributed by atoms with Gasteiger partial charge in [-0.1, -0.05) is 0 Å². The Morgan fingerprint density at radius 2 is 2.15 bits per heavy atom. The van der Waals surface area contributed by atoms with Gasteiger partial charge < -0.3 is 20.5 Å². The summed E-state index contributed by atoms with van der Waals surface area (Å²) in [5.74, 6) is -1.88. The fourth-order valence-electron chi connectivity index (χ4n) is 1.27. The maximum Gasteiger partial charge on any atom is 0.339 e. The van der Waals surface area contributed by atoms with Crippen LogP contribution in [-0.4, -0.2) is 38.7 Å². The summed E-state index contributed by atoms with van der Waals surface area (Å²) in [6, 6.07) is 2.20. The number of amides is 1. The van der Waals surface area contributed by atoms with Crippen molar-refractivity contribution in [3.05, 3.63) is 28.0 Å². The molecule has 6 nitrogen and oxygen atoms in total. The molecule has 110 valence electrons. The van der Waals surface area contributed by atoms with Crippen molar-refractivity contribution < 1.29 is 23.5 Å². The quantitative estimate of drug-likeness (QED) is 0.456. The van der Waals surface area contributed by atoms with Crippen LogP contribution in [0.15, 0.2) is 16.6 Å². The molecule has 1 aromatic rings. The molecule has 1 amide bonds. The molecular weight excluding hydrogens is 335 g/mol. The summed E-state index contributed by atoms with van der Waals surface area (Å²) in [4.78, 5) is 23.0. The maximum atomic E-state index is 13.1. The number of nitrogens with two attached hydrogens (primary N) is 1. The molecule has 0 saturated carbocycles. The van der Waals surface area contributed by atoms with Gasteiger partial charge in [-0.25, -0.2) is 9.18 Å². The Morgan fingerprint density at radius 1 is 1.45 bits per heavy atom. The highest BCUT2D eigenvalue weighted by molar-refractivity contribution is 9.10. The third kappa shape index (κ3) is 4.78. The van der Waals surface area contributed by atoms with Crippen molar-refractivity contribution in [1.29, 1.82) is 0 Å². The molecule has 0 radical (unpaired) electrons. The zero-order valence-electron chi connectivity index (χ0n) is 10.7. The van der Waals surface area contributed by atoms with Crippen LogP contribution in [0.25, 0.3) is 0 Å². The van der Waals surface area contributed by atoms with Crippen LogP contribution < -0.4 is 11.1 Å². The highest BCUT2D eigenvalue weighted by Crippen LogP contribution is 2.23. The molecule has 0 aliphatic rings. The average molecular weight is 349 g/mol. The predicted molar refractivity (Wildman–Crippen MR) is 73.7 cm³/mol. The Bertz CT molecular complexity index is 510. The number of carbonyl (C=O) groups is 2. The van der Waals surface area contributed by atoms with E-state index in [1.165, 1.54) is 7.11 Å². The Morgan fingerprint density at radius 3 is 2.80 bits per heavy atom. The van der Waals surface area contributed by atoms with E-state index in [9.17, 15) is 14.0 Å². The van der Waals surface area contributed by atoms with Gasteiger partial charge in [-0.3, -0.25) is 4.79 Å². The number of hydrogen-bond acceptors (Lipinski definition) is 5. The second kappa shape index (κ2) is 7.81. The molecule has 0 unspecified atom stereocenters. The fourth-order valence-corrected chi connectivity index (χ4v) is 1.75. The number of carbonyl (C=O) groups excluding carboxylic acids is 2. The van der Waals surface area contributed by atoms with Crippen molar-refractivity contribution in [3.8, 4) is 0 Å². The molecule has 1 aromatic carbocycles. The molecule has 0 aliphatic carbocycles. The van der Waals surface area contributed by atoms with Crippen molar-refractivity contribution in [3.63, 3.8) is 0 Å². The van der Waals surface area contributed by atoms with Gasteiger partial charge in [0, 0.05) is 18.1 Å². The van der Waals surface area contributed by atoms with E-state index in [1.54, 1.807) is 0 Å². The highest BCUT2D eigenvalue weighted by Gasteiger charge is 2.16. The molecular formula is C12H14BrFN2O4. The van der Waals surface area contributed by atoms with E-state index in [0.717, 1.165) is 12.1 Å². The van der Waals surface area contributed by atoms with E-state index in [0.29, 0.717) is 13.2 Å². The van der Waals surface area contributed by atoms with E-state index in [1.807, 2.05) is 0 Å². The van der Waals surface area contributed by atoms with Crippen molar-refractivity contribution >= 4 is 33.5 Å². The second-order valence-electron chi connectivity index (χ2n) is 3.77. The molecule has 3 N–H and O–H groups in total. The van der Waals surface area contributed by atoms with Crippen LogP contribution in [-0.2, 0) is 14.3 Å². The summed E-state index contributed by atoms with van der Waals surface area (Å²) in [6.45, 7) is 0.242. The van der Waals surface area contributed by atoms with Crippen LogP contribution in [0.5, 0.6) is 0 Å². The Kier molecular flexibility index (Phi) is 6.40. The summed E-state index contributed by atoms with van der Waals surface area (Å²) in [7, 11) is 1.50. The number of benzene rings is 1. The van der Waals surface area contributed by atoms with E-state index in [2.05, 4.69) is 21.2 Å². The Labute approximate surface area is 123 Å². The van der Waals surface area contributed by atoms with Crippen LogP contribution >= 0.6 is 15.9 Å². The monoisotopic (exact) mass is 348 g/mol. The van der Waals surface area contributed by atoms with Crippen molar-refractivity contribution in [2.75, 3.05) is 32.6 Å². The van der Waals surface area contributed by atoms with Crippen LogP contribution in [0.4, 0.5) is 10.1 Å². The SMILES string of the molecule is COCCNC(=O)COC(=O)c1cc(N)c(F)cc1Br. The number of nitrogens with one attached hydrogen (secondary N) is 1. The number of rotatable bonds is 6. The minimum Gasteiger partial charge on any atom is -0.452 e. The van der Waals surface area contributed by atoms with Gasteiger partial charge in [0.05, 0.1) is 17.9 Å². The van der Waals surface area contributed by atoms with Crippen molar-refractivity contribution in [1.82, 2.24) is 5.32 Å². The van der Waals surface area contributed by atoms with Gasteiger partial charge in [0.2, 0.25) is 0 Å². The molecule has 0 bridgehead atoms. The van der Waals surface area contributed by atoms with Gasteiger partial charge in [0.1, 0.15) is 5.82 Å². The Hall–Kier alpha value is -1.67. The second-order valence-corrected chi connectivity index (χ2v) is 4.63. The predicted octanol–water partition coefficient (Wildman–Crippen LogP) is 1.09. The molecule has 0 aromatic heterocycles. The molecule has 1 rings (SSSR count). The first kappa shape index (κ1) is 16.4. The van der Waals surface area contributed by atoms with Gasteiger partial charge in [0.15, 0.2) is 6.61 Å². The number of ether oxygens (including phenoxy) is 2. The summed E-state index contributed by atoms with van der Waals surface area (Å²) >= 11 is 3.03. The van der Waals surface area contributed by atoms with Crippen molar-refractivity contribution in [2.24, 2.45) is 0 Å². The van der Waals surface area contributed by atoms with Crippen LogP contribution in [0.3, 0.4) is 0 Å². The largest absolute Gasteiger partial charge is 0.452 e. The molecule has 0 aliphatic heterocycles. The number of nitrogen functional groups attached to an aromatic ring is 1. The summed E-state index contributed by atoms with van der Waals surface area (Å²) in [5.41, 5.74) is 5.24. The molecule has 0 fully saturated rings. The molecule has 0 heterocycles. The number of halogens is 2. The first-order valence-electron chi connectivity index (χ1n) is 5.63. The molecule has 0 saturated heterocycles. The van der Waals surface area contributed by atoms with E-state index in [-0.39, 0.29) is 15.7 Å².